The topological polar surface area (TPSA) is 111 Å². The van der Waals surface area contributed by atoms with Gasteiger partial charge in [-0.2, -0.15) is 11.3 Å². The number of thiazole rings is 1. The number of esters is 1. The SMILES string of the molecule is CC(C)[C@H](OC(=O)Cc1csc(-c2ccsc2)n1)C(=O)NC(N)=O. The first-order valence-electron chi connectivity index (χ1n) is 7.13. The standard InChI is InChI=1S/C15H17N3O4S2/c1-8(2)12(13(20)18-15(16)21)22-11(19)5-10-7-24-14(17-10)9-3-4-23-6-9/h3-4,6-8,12H,5H2,1-2H3,(H3,16,18,20,21)/t12-/m0/s1. The Morgan fingerprint density at radius 3 is 2.67 bits per heavy atom. The number of ether oxygens (including phenoxy) is 1. The molecular weight excluding hydrogens is 350 g/mol. The third-order valence-electron chi connectivity index (χ3n) is 3.01. The Hall–Kier alpha value is -2.26. The van der Waals surface area contributed by atoms with Crippen molar-refractivity contribution in [3.8, 4) is 10.6 Å². The number of primary amides is 1. The van der Waals surface area contributed by atoms with Gasteiger partial charge in [0.2, 0.25) is 0 Å². The minimum absolute atomic E-state index is 0.0479. The number of rotatable bonds is 6. The summed E-state index contributed by atoms with van der Waals surface area (Å²) in [5.41, 5.74) is 6.49. The molecule has 1 atom stereocenters. The van der Waals surface area contributed by atoms with Gasteiger partial charge in [-0.25, -0.2) is 9.78 Å². The van der Waals surface area contributed by atoms with Gasteiger partial charge >= 0.3 is 12.0 Å². The van der Waals surface area contributed by atoms with Crippen molar-refractivity contribution < 1.29 is 19.1 Å². The van der Waals surface area contributed by atoms with Crippen LogP contribution in [0.5, 0.6) is 0 Å². The number of hydrogen-bond acceptors (Lipinski definition) is 7. The molecule has 0 aliphatic carbocycles. The average molecular weight is 367 g/mol. The van der Waals surface area contributed by atoms with Crippen molar-refractivity contribution in [1.29, 1.82) is 0 Å². The van der Waals surface area contributed by atoms with E-state index in [4.69, 9.17) is 10.5 Å². The van der Waals surface area contributed by atoms with Gasteiger partial charge in [-0.05, 0) is 17.4 Å². The lowest BCUT2D eigenvalue weighted by Gasteiger charge is -2.19. The Labute approximate surface area is 146 Å². The number of carbonyl (C=O) groups excluding carboxylic acids is 3. The number of nitrogens with zero attached hydrogens (tertiary/aromatic N) is 1. The molecule has 3 amide bonds. The summed E-state index contributed by atoms with van der Waals surface area (Å²) in [6.07, 6.45) is -1.13. The number of aromatic nitrogens is 1. The molecule has 24 heavy (non-hydrogen) atoms. The Bertz CT molecular complexity index is 725. The van der Waals surface area contributed by atoms with E-state index < -0.39 is 24.0 Å². The van der Waals surface area contributed by atoms with Crippen LogP contribution in [-0.4, -0.2) is 29.0 Å². The Morgan fingerprint density at radius 2 is 2.08 bits per heavy atom. The summed E-state index contributed by atoms with van der Waals surface area (Å²) in [5, 5.41) is 8.46. The van der Waals surface area contributed by atoms with Crippen LogP contribution in [0.2, 0.25) is 0 Å². The summed E-state index contributed by atoms with van der Waals surface area (Å²) in [4.78, 5) is 39.1. The van der Waals surface area contributed by atoms with E-state index in [-0.39, 0.29) is 12.3 Å². The van der Waals surface area contributed by atoms with E-state index in [1.807, 2.05) is 22.1 Å². The molecule has 0 saturated carbocycles. The maximum atomic E-state index is 12.1. The maximum absolute atomic E-state index is 12.1. The molecule has 0 bridgehead atoms. The van der Waals surface area contributed by atoms with Crippen molar-refractivity contribution in [1.82, 2.24) is 10.3 Å². The van der Waals surface area contributed by atoms with Gasteiger partial charge in [-0.1, -0.05) is 13.8 Å². The summed E-state index contributed by atoms with van der Waals surface area (Å²) >= 11 is 3.01. The molecule has 2 aromatic rings. The van der Waals surface area contributed by atoms with E-state index in [1.54, 1.807) is 30.6 Å². The highest BCUT2D eigenvalue weighted by molar-refractivity contribution is 7.14. The molecule has 0 aliphatic rings. The molecule has 0 fully saturated rings. The van der Waals surface area contributed by atoms with E-state index in [9.17, 15) is 14.4 Å². The molecule has 7 nitrogen and oxygen atoms in total. The first kappa shape index (κ1) is 18.1. The van der Waals surface area contributed by atoms with Gasteiger partial charge in [0.05, 0.1) is 12.1 Å². The first-order chi connectivity index (χ1) is 11.4. The number of thiophene rings is 1. The molecule has 0 saturated heterocycles. The molecule has 9 heteroatoms. The number of hydrogen-bond donors (Lipinski definition) is 2. The second kappa shape index (κ2) is 8.02. The van der Waals surface area contributed by atoms with Gasteiger partial charge in [0.15, 0.2) is 6.10 Å². The minimum atomic E-state index is -1.08. The van der Waals surface area contributed by atoms with Crippen molar-refractivity contribution in [2.45, 2.75) is 26.4 Å². The van der Waals surface area contributed by atoms with Gasteiger partial charge in [0.25, 0.3) is 5.91 Å². The summed E-state index contributed by atoms with van der Waals surface area (Å²) in [5.74, 6) is -1.62. The first-order valence-corrected chi connectivity index (χ1v) is 8.95. The third kappa shape index (κ3) is 4.87. The zero-order valence-corrected chi connectivity index (χ0v) is 14.8. The summed E-state index contributed by atoms with van der Waals surface area (Å²) in [6.45, 7) is 3.41. The van der Waals surface area contributed by atoms with Crippen LogP contribution in [0, 0.1) is 5.92 Å². The predicted molar refractivity (Wildman–Crippen MR) is 91.6 cm³/mol. The Kier molecular flexibility index (Phi) is 6.04. The second-order valence-electron chi connectivity index (χ2n) is 5.34. The number of imide groups is 1. The van der Waals surface area contributed by atoms with E-state index in [0.29, 0.717) is 5.69 Å². The Balaban J connectivity index is 1.98. The van der Waals surface area contributed by atoms with Gasteiger partial charge in [0.1, 0.15) is 5.01 Å². The van der Waals surface area contributed by atoms with Crippen LogP contribution >= 0.6 is 22.7 Å². The van der Waals surface area contributed by atoms with Crippen LogP contribution in [0.4, 0.5) is 4.79 Å². The zero-order chi connectivity index (χ0) is 17.7. The van der Waals surface area contributed by atoms with Crippen LogP contribution in [0.25, 0.3) is 10.6 Å². The van der Waals surface area contributed by atoms with Crippen LogP contribution < -0.4 is 11.1 Å². The molecule has 0 aliphatic heterocycles. The van der Waals surface area contributed by atoms with Crippen molar-refractivity contribution in [3.05, 3.63) is 27.9 Å². The van der Waals surface area contributed by atoms with Crippen molar-refractivity contribution in [2.75, 3.05) is 0 Å². The van der Waals surface area contributed by atoms with Crippen LogP contribution in [0.3, 0.4) is 0 Å². The fourth-order valence-corrected chi connectivity index (χ4v) is 3.45. The quantitative estimate of drug-likeness (QED) is 0.760. The number of nitrogens with one attached hydrogen (secondary N) is 1. The van der Waals surface area contributed by atoms with E-state index in [1.165, 1.54) is 11.3 Å². The minimum Gasteiger partial charge on any atom is -0.452 e. The normalized spacial score (nSPS) is 12.0. The molecule has 3 N–H and O–H groups in total. The van der Waals surface area contributed by atoms with Gasteiger partial charge in [0, 0.05) is 16.3 Å². The molecule has 0 unspecified atom stereocenters. The van der Waals surface area contributed by atoms with E-state index >= 15 is 0 Å². The number of urea groups is 1. The van der Waals surface area contributed by atoms with Crippen molar-refractivity contribution in [3.63, 3.8) is 0 Å². The molecule has 0 aromatic carbocycles. The number of carbonyl (C=O) groups is 3. The van der Waals surface area contributed by atoms with Crippen LogP contribution in [0.1, 0.15) is 19.5 Å². The van der Waals surface area contributed by atoms with Crippen LogP contribution in [0.15, 0.2) is 22.2 Å². The van der Waals surface area contributed by atoms with Gasteiger partial charge in [-0.15, -0.1) is 11.3 Å². The molecule has 128 valence electrons. The Morgan fingerprint density at radius 1 is 1.33 bits per heavy atom. The fraction of sp³-hybridized carbons (Fsp3) is 0.333. The molecule has 2 rings (SSSR count). The smallest absolute Gasteiger partial charge is 0.318 e. The number of amides is 3. The van der Waals surface area contributed by atoms with E-state index in [0.717, 1.165) is 10.6 Å². The van der Waals surface area contributed by atoms with Crippen molar-refractivity contribution in [2.24, 2.45) is 11.7 Å². The monoisotopic (exact) mass is 367 g/mol. The maximum Gasteiger partial charge on any atom is 0.318 e. The second-order valence-corrected chi connectivity index (χ2v) is 6.98. The summed E-state index contributed by atoms with van der Waals surface area (Å²) in [6, 6.07) is 0.968. The number of nitrogens with two attached hydrogens (primary N) is 1. The van der Waals surface area contributed by atoms with Crippen molar-refractivity contribution >= 4 is 40.6 Å². The lowest BCUT2D eigenvalue weighted by Crippen LogP contribution is -2.45. The third-order valence-corrected chi connectivity index (χ3v) is 4.64. The summed E-state index contributed by atoms with van der Waals surface area (Å²) < 4.78 is 5.19. The average Bonchev–Trinajstić information content (AvgIpc) is 3.14. The predicted octanol–water partition coefficient (Wildman–Crippen LogP) is 2.18. The van der Waals surface area contributed by atoms with Gasteiger partial charge < -0.3 is 10.5 Å². The summed E-state index contributed by atoms with van der Waals surface area (Å²) in [7, 11) is 0. The largest absolute Gasteiger partial charge is 0.452 e. The molecule has 2 heterocycles. The highest BCUT2D eigenvalue weighted by Gasteiger charge is 2.27. The molecular formula is C15H17N3O4S2. The lowest BCUT2D eigenvalue weighted by molar-refractivity contribution is -0.157. The van der Waals surface area contributed by atoms with E-state index in [2.05, 4.69) is 4.98 Å². The molecule has 0 radical (unpaired) electrons. The molecule has 2 aromatic heterocycles. The zero-order valence-electron chi connectivity index (χ0n) is 13.1. The fourth-order valence-electron chi connectivity index (χ4n) is 1.92. The lowest BCUT2D eigenvalue weighted by atomic mass is 10.1. The van der Waals surface area contributed by atoms with Crippen LogP contribution in [-0.2, 0) is 20.7 Å². The highest BCUT2D eigenvalue weighted by atomic mass is 32.1. The van der Waals surface area contributed by atoms with Gasteiger partial charge in [-0.3, -0.25) is 14.9 Å². The highest BCUT2D eigenvalue weighted by Crippen LogP contribution is 2.26. The molecule has 0 spiro atoms.